The van der Waals surface area contributed by atoms with Crippen molar-refractivity contribution >= 4 is 44.6 Å². The maximum atomic E-state index is 2.82. The van der Waals surface area contributed by atoms with Crippen LogP contribution in [0.25, 0.3) is 12.2 Å². The summed E-state index contributed by atoms with van der Waals surface area (Å²) in [5.74, 6) is 3.24. The van der Waals surface area contributed by atoms with Gasteiger partial charge in [0.25, 0.3) is 0 Å². The van der Waals surface area contributed by atoms with Crippen molar-refractivity contribution < 1.29 is 14.0 Å². The summed E-state index contributed by atoms with van der Waals surface area (Å²) < 4.78 is 1.12. The minimum atomic E-state index is -3.39. The monoisotopic (exact) mass is 662 g/mol. The van der Waals surface area contributed by atoms with E-state index in [1.165, 1.54) is 11.1 Å². The molecule has 0 saturated carbocycles. The van der Waals surface area contributed by atoms with Gasteiger partial charge in [0, 0.05) is 0 Å². The number of hydrogen-bond acceptors (Lipinski definition) is 0. The second kappa shape index (κ2) is 13.0. The predicted molar refractivity (Wildman–Crippen MR) is 195 cm³/mol. The molecular weight excluding hydrogens is 603 g/mol. The molecule has 0 saturated heterocycles. The fraction of sp³-hybridized carbons (Fsp3) is 0.579. The van der Waals surface area contributed by atoms with E-state index in [0.29, 0.717) is 44.0 Å². The van der Waals surface area contributed by atoms with E-state index in [-0.39, 0.29) is 24.8 Å². The van der Waals surface area contributed by atoms with Gasteiger partial charge in [-0.15, -0.1) is 24.8 Å². The smallest absolute Gasteiger partial charge is 0.147 e. The zero-order chi connectivity index (χ0) is 30.1. The van der Waals surface area contributed by atoms with Crippen LogP contribution in [0.5, 0.6) is 0 Å². The fourth-order valence-electron chi connectivity index (χ4n) is 8.02. The second-order valence-electron chi connectivity index (χ2n) is 16.2. The van der Waals surface area contributed by atoms with Crippen molar-refractivity contribution in [3.05, 3.63) is 79.9 Å². The van der Waals surface area contributed by atoms with E-state index in [1.807, 2.05) is 0 Å². The third-order valence-corrected chi connectivity index (χ3v) is 21.6. The van der Waals surface area contributed by atoms with Gasteiger partial charge in [-0.2, -0.15) is 0 Å². The molecule has 2 aliphatic carbocycles. The quantitative estimate of drug-likeness (QED) is 0.247. The third kappa shape index (κ3) is 6.39. The average Bonchev–Trinajstić information content (AvgIpc) is 3.42. The van der Waals surface area contributed by atoms with Crippen molar-refractivity contribution in [2.24, 2.45) is 11.8 Å². The summed E-state index contributed by atoms with van der Waals surface area (Å²) in [6.07, 6.45) is 5.32. The summed E-state index contributed by atoms with van der Waals surface area (Å²) in [6, 6.07) is 10.4. The van der Waals surface area contributed by atoms with Crippen molar-refractivity contribution in [1.29, 1.82) is 0 Å². The fourth-order valence-corrected chi connectivity index (χ4v) is 21.0. The molecule has 0 heterocycles. The summed E-state index contributed by atoms with van der Waals surface area (Å²) in [4.78, 5) is 0. The minimum Gasteiger partial charge on any atom is -0.147 e. The van der Waals surface area contributed by atoms with Crippen molar-refractivity contribution in [3.63, 3.8) is 0 Å². The van der Waals surface area contributed by atoms with E-state index >= 15 is 0 Å². The first-order valence-electron chi connectivity index (χ1n) is 16.2. The molecule has 4 heteroatoms. The van der Waals surface area contributed by atoms with E-state index in [9.17, 15) is 0 Å². The Morgan fingerprint density at radius 2 is 0.810 bits per heavy atom. The molecule has 0 N–H and O–H groups in total. The Morgan fingerprint density at radius 3 is 1.05 bits per heavy atom. The first-order chi connectivity index (χ1) is 18.4. The van der Waals surface area contributed by atoms with Crippen molar-refractivity contribution in [3.8, 4) is 0 Å². The molecule has 2 aromatic carbocycles. The van der Waals surface area contributed by atoms with Crippen molar-refractivity contribution in [2.75, 3.05) is 0 Å². The van der Waals surface area contributed by atoms with Gasteiger partial charge in [-0.3, -0.25) is 0 Å². The zero-order valence-electron chi connectivity index (χ0n) is 29.1. The molecule has 0 bridgehead atoms. The molecule has 42 heavy (non-hydrogen) atoms. The Bertz CT molecular complexity index is 1340. The van der Waals surface area contributed by atoms with Crippen molar-refractivity contribution in [1.82, 2.24) is 0 Å². The van der Waals surface area contributed by atoms with Gasteiger partial charge in [0.05, 0.1) is 0 Å². The van der Waals surface area contributed by atoms with Crippen LogP contribution in [0, 0.1) is 11.8 Å². The Labute approximate surface area is 274 Å². The van der Waals surface area contributed by atoms with E-state index in [1.54, 1.807) is 44.5 Å². The molecule has 2 unspecified atom stereocenters. The standard InChI is InChI=1S/2C18H25.2CH3.2ClH.H2Si.Ti/c2*1-11(2)14-7-16-8-15(12(3)4)10-18(16)17(9-14)13(5)6;;;;;;/h2*7-13H,1-6H3;2*1H3;2*1H;1H2;. The third-order valence-electron chi connectivity index (χ3n) is 10.3. The Kier molecular flexibility index (Phi) is 11.7. The number of fused-ring (bicyclic) bond motifs is 2. The maximum absolute atomic E-state index is 3.39. The van der Waals surface area contributed by atoms with Gasteiger partial charge >= 0.3 is 251 Å². The van der Waals surface area contributed by atoms with Gasteiger partial charge in [0.2, 0.25) is 0 Å². The molecule has 2 atom stereocenters. The molecule has 0 aromatic heterocycles. The van der Waals surface area contributed by atoms with Crippen LogP contribution >= 0.6 is 24.8 Å². The van der Waals surface area contributed by atoms with Crippen LogP contribution < -0.4 is 0 Å². The van der Waals surface area contributed by atoms with E-state index in [4.69, 9.17) is 0 Å². The van der Waals surface area contributed by atoms with Crippen LogP contribution in [-0.2, 0) is 14.0 Å². The molecule has 0 aliphatic heterocycles. The number of benzene rings is 2. The number of hydrogen-bond donors (Lipinski definition) is 0. The van der Waals surface area contributed by atoms with Crippen molar-refractivity contribution in [2.45, 2.75) is 126 Å². The first kappa shape index (κ1) is 37.6. The molecule has 4 rings (SSSR count). The average molecular weight is 664 g/mol. The summed E-state index contributed by atoms with van der Waals surface area (Å²) in [7, 11) is 2.50. The van der Waals surface area contributed by atoms with Gasteiger partial charge in [0.1, 0.15) is 0 Å². The SMILES string of the molecule is CC(C)C1=Cc2c(C(C)C)cc(C(C)C)cc2[CH]1[Ti]([CH3])([CH3])(=[SiH2])[CH]1C(C(C)C)=Cc2c(C(C)C)cc(C(C)C)cc21.Cl.Cl. The van der Waals surface area contributed by atoms with Crippen LogP contribution in [0.3, 0.4) is 0 Å². The van der Waals surface area contributed by atoms with Crippen LogP contribution in [0.2, 0.25) is 10.5 Å². The van der Waals surface area contributed by atoms with Crippen LogP contribution in [0.1, 0.15) is 160 Å². The number of halogens is 2. The van der Waals surface area contributed by atoms with Gasteiger partial charge in [-0.25, -0.2) is 0 Å². The summed E-state index contributed by atoms with van der Waals surface area (Å²) >= 11 is -3.39. The van der Waals surface area contributed by atoms with E-state index in [0.717, 1.165) is 0 Å². The molecule has 2 aromatic rings. The molecule has 0 radical (unpaired) electrons. The molecular formula is C38H60Cl2SiTi. The van der Waals surface area contributed by atoms with Gasteiger partial charge in [-0.1, -0.05) is 0 Å². The van der Waals surface area contributed by atoms with E-state index < -0.39 is 14.0 Å². The molecule has 0 amide bonds. The number of allylic oxidation sites excluding steroid dienone is 2. The topological polar surface area (TPSA) is 0 Å². The molecule has 2 aliphatic rings. The summed E-state index contributed by atoms with van der Waals surface area (Å²) in [6.45, 7) is 28.8. The summed E-state index contributed by atoms with van der Waals surface area (Å²) in [5, 5.41) is 5.63. The van der Waals surface area contributed by atoms with Crippen LogP contribution in [0.15, 0.2) is 35.4 Å². The first-order valence-corrected chi connectivity index (χ1v) is 25.2. The Morgan fingerprint density at radius 1 is 0.500 bits per heavy atom. The maximum Gasteiger partial charge on any atom is -0.147 e. The van der Waals surface area contributed by atoms with Gasteiger partial charge in [-0.05, 0) is 0 Å². The van der Waals surface area contributed by atoms with E-state index in [2.05, 4.69) is 138 Å². The van der Waals surface area contributed by atoms with Crippen LogP contribution in [-0.4, -0.2) is 7.63 Å². The van der Waals surface area contributed by atoms with Gasteiger partial charge < -0.3 is 0 Å². The Balaban J connectivity index is 0.00000308. The van der Waals surface area contributed by atoms with Crippen LogP contribution in [0.4, 0.5) is 0 Å². The summed E-state index contributed by atoms with van der Waals surface area (Å²) in [5.41, 5.74) is 16.0. The minimum absolute atomic E-state index is 0. The second-order valence-corrected chi connectivity index (χ2v) is 36.4. The van der Waals surface area contributed by atoms with Gasteiger partial charge in [0.15, 0.2) is 0 Å². The largest absolute Gasteiger partial charge is 0.147 e. The molecule has 0 fully saturated rings. The molecule has 234 valence electrons. The zero-order valence-corrected chi connectivity index (χ0v) is 33.7. The molecule has 0 spiro atoms. The Hall–Kier alpha value is -0.569. The predicted octanol–water partition coefficient (Wildman–Crippen LogP) is 12.2. The molecule has 0 nitrogen and oxygen atoms in total. The normalized spacial score (nSPS) is 18.5. The number of rotatable bonds is 8.